The summed E-state index contributed by atoms with van der Waals surface area (Å²) in [7, 11) is -4.79. The normalized spacial score (nSPS) is 12.6. The first-order chi connectivity index (χ1) is 11.4. The smallest absolute Gasteiger partial charge is 0.463 e. The van der Waals surface area contributed by atoms with Gasteiger partial charge in [-0.3, -0.25) is 0 Å². The van der Waals surface area contributed by atoms with E-state index in [1.54, 1.807) is 0 Å². The molecule has 13 heteroatoms. The second kappa shape index (κ2) is 6.48. The molecular formula is C12H7F5O7S. The van der Waals surface area contributed by atoms with Crippen LogP contribution in [0.5, 0.6) is 5.75 Å². The number of halogens is 5. The SMILES string of the molecule is COC(=O)c1oc2cccc(OS(=O)(=O)OC(F)(F)F)c2c1C(F)F. The number of ether oxygens (including phenoxy) is 1. The fourth-order valence-electron chi connectivity index (χ4n) is 1.90. The molecule has 2 aromatic rings. The fourth-order valence-corrected chi connectivity index (χ4v) is 2.53. The van der Waals surface area contributed by atoms with Crippen LogP contribution in [0.2, 0.25) is 0 Å². The molecule has 0 saturated carbocycles. The molecule has 0 aliphatic rings. The summed E-state index contributed by atoms with van der Waals surface area (Å²) in [5.41, 5.74) is -1.53. The highest BCUT2D eigenvalue weighted by molar-refractivity contribution is 7.82. The van der Waals surface area contributed by atoms with E-state index in [1.165, 1.54) is 0 Å². The van der Waals surface area contributed by atoms with E-state index in [0.717, 1.165) is 25.3 Å². The summed E-state index contributed by atoms with van der Waals surface area (Å²) in [5.74, 6) is -3.19. The zero-order chi connectivity index (χ0) is 19.0. The number of esters is 1. The molecule has 7 nitrogen and oxygen atoms in total. The van der Waals surface area contributed by atoms with Crippen LogP contribution in [-0.2, 0) is 19.3 Å². The van der Waals surface area contributed by atoms with Crippen molar-refractivity contribution < 1.29 is 52.7 Å². The lowest BCUT2D eigenvalue weighted by atomic mass is 10.1. The Labute approximate surface area is 136 Å². The molecule has 25 heavy (non-hydrogen) atoms. The van der Waals surface area contributed by atoms with Crippen molar-refractivity contribution in [2.75, 3.05) is 7.11 Å². The molecule has 1 aromatic heterocycles. The molecule has 138 valence electrons. The molecule has 0 unspecified atom stereocenters. The Morgan fingerprint density at radius 1 is 1.24 bits per heavy atom. The van der Waals surface area contributed by atoms with Crippen LogP contribution in [0.15, 0.2) is 22.6 Å². The Bertz CT molecular complexity index is 900. The minimum Gasteiger partial charge on any atom is -0.463 e. The van der Waals surface area contributed by atoms with Gasteiger partial charge in [-0.05, 0) is 12.1 Å². The maximum absolute atomic E-state index is 13.3. The number of rotatable bonds is 5. The molecular weight excluding hydrogens is 383 g/mol. The van der Waals surface area contributed by atoms with E-state index in [1.807, 2.05) is 0 Å². The van der Waals surface area contributed by atoms with Crippen molar-refractivity contribution in [3.63, 3.8) is 0 Å². The summed E-state index contributed by atoms with van der Waals surface area (Å²) in [5, 5.41) is -0.716. The first-order valence-corrected chi connectivity index (χ1v) is 7.42. The Morgan fingerprint density at radius 2 is 1.88 bits per heavy atom. The minimum atomic E-state index is -5.67. The summed E-state index contributed by atoms with van der Waals surface area (Å²) in [4.78, 5) is 11.5. The topological polar surface area (TPSA) is 92.0 Å². The zero-order valence-corrected chi connectivity index (χ0v) is 12.8. The number of furan rings is 1. The number of benzene rings is 1. The quantitative estimate of drug-likeness (QED) is 0.571. The molecule has 0 bridgehead atoms. The van der Waals surface area contributed by atoms with Gasteiger partial charge in [-0.15, -0.1) is 17.4 Å². The maximum Gasteiger partial charge on any atom is 0.539 e. The largest absolute Gasteiger partial charge is 0.539 e. The van der Waals surface area contributed by atoms with Crippen molar-refractivity contribution in [2.45, 2.75) is 12.8 Å². The molecule has 1 heterocycles. The van der Waals surface area contributed by atoms with Crippen molar-refractivity contribution in [3.05, 3.63) is 29.5 Å². The van der Waals surface area contributed by atoms with Crippen molar-refractivity contribution in [3.8, 4) is 5.75 Å². The van der Waals surface area contributed by atoms with E-state index in [0.29, 0.717) is 0 Å². The molecule has 1 aromatic carbocycles. The highest BCUT2D eigenvalue weighted by atomic mass is 32.3. The molecule has 0 saturated heterocycles. The van der Waals surface area contributed by atoms with Crippen LogP contribution in [0.4, 0.5) is 22.0 Å². The maximum atomic E-state index is 13.3. The number of carbonyl (C=O) groups excluding carboxylic acids is 1. The fraction of sp³-hybridized carbons (Fsp3) is 0.250. The summed E-state index contributed by atoms with van der Waals surface area (Å²) in [6.07, 6.45) is -8.95. The first-order valence-electron chi connectivity index (χ1n) is 6.09. The third-order valence-electron chi connectivity index (χ3n) is 2.69. The van der Waals surface area contributed by atoms with Crippen LogP contribution in [0, 0.1) is 0 Å². The van der Waals surface area contributed by atoms with Gasteiger partial charge in [-0.1, -0.05) is 6.07 Å². The molecule has 0 fully saturated rings. The Hall–Kier alpha value is -2.41. The third kappa shape index (κ3) is 4.17. The Kier molecular flexibility index (Phi) is 4.90. The van der Waals surface area contributed by atoms with Gasteiger partial charge < -0.3 is 13.3 Å². The summed E-state index contributed by atoms with van der Waals surface area (Å²) >= 11 is 0. The molecule has 0 atom stereocenters. The van der Waals surface area contributed by atoms with Gasteiger partial charge in [0, 0.05) is 0 Å². The Balaban J connectivity index is 2.62. The number of carbonyl (C=O) groups is 1. The second-order valence-electron chi connectivity index (χ2n) is 4.29. The lowest BCUT2D eigenvalue weighted by Gasteiger charge is -2.10. The van der Waals surface area contributed by atoms with E-state index >= 15 is 0 Å². The molecule has 2 rings (SSSR count). The minimum absolute atomic E-state index is 0.435. The van der Waals surface area contributed by atoms with Crippen LogP contribution < -0.4 is 4.18 Å². The van der Waals surface area contributed by atoms with Crippen LogP contribution in [-0.4, -0.2) is 27.9 Å². The molecule has 0 aliphatic carbocycles. The van der Waals surface area contributed by atoms with E-state index in [9.17, 15) is 35.2 Å². The van der Waals surface area contributed by atoms with E-state index in [2.05, 4.69) is 13.1 Å². The van der Waals surface area contributed by atoms with Gasteiger partial charge in [-0.25, -0.2) is 13.6 Å². The zero-order valence-electron chi connectivity index (χ0n) is 12.0. The Morgan fingerprint density at radius 3 is 2.40 bits per heavy atom. The van der Waals surface area contributed by atoms with Crippen LogP contribution in [0.25, 0.3) is 11.0 Å². The van der Waals surface area contributed by atoms with Gasteiger partial charge in [0.2, 0.25) is 5.76 Å². The highest BCUT2D eigenvalue weighted by Crippen LogP contribution is 2.40. The van der Waals surface area contributed by atoms with E-state index in [-0.39, 0.29) is 0 Å². The molecule has 0 N–H and O–H groups in total. The lowest BCUT2D eigenvalue weighted by Crippen LogP contribution is -2.23. The van der Waals surface area contributed by atoms with E-state index in [4.69, 9.17) is 4.42 Å². The number of fused-ring (bicyclic) bond motifs is 1. The first kappa shape index (κ1) is 18.9. The number of hydrogen-bond acceptors (Lipinski definition) is 7. The number of methoxy groups -OCH3 is 1. The van der Waals surface area contributed by atoms with Gasteiger partial charge in [0.05, 0.1) is 18.1 Å². The van der Waals surface area contributed by atoms with E-state index < -0.39 is 57.2 Å². The van der Waals surface area contributed by atoms with Gasteiger partial charge in [0.15, 0.2) is 5.75 Å². The molecule has 0 radical (unpaired) electrons. The van der Waals surface area contributed by atoms with Gasteiger partial charge in [0.25, 0.3) is 6.43 Å². The highest BCUT2D eigenvalue weighted by Gasteiger charge is 2.39. The third-order valence-corrected chi connectivity index (χ3v) is 3.47. The van der Waals surface area contributed by atoms with Gasteiger partial charge in [-0.2, -0.15) is 8.42 Å². The second-order valence-corrected chi connectivity index (χ2v) is 5.44. The predicted octanol–water partition coefficient (Wildman–Crippen LogP) is 3.32. The van der Waals surface area contributed by atoms with Crippen molar-refractivity contribution in [1.82, 2.24) is 0 Å². The van der Waals surface area contributed by atoms with Crippen LogP contribution in [0.1, 0.15) is 22.5 Å². The molecule has 0 aliphatic heterocycles. The summed E-state index contributed by atoms with van der Waals surface area (Å²) in [6, 6.07) is 2.89. The van der Waals surface area contributed by atoms with Crippen LogP contribution >= 0.6 is 0 Å². The molecule has 0 spiro atoms. The van der Waals surface area contributed by atoms with Crippen molar-refractivity contribution >= 4 is 27.3 Å². The monoisotopic (exact) mass is 390 g/mol. The summed E-state index contributed by atoms with van der Waals surface area (Å²) < 4.78 is 101. The average Bonchev–Trinajstić information content (AvgIpc) is 2.84. The standard InChI is InChI=1S/C12H7F5O7S/c1-21-11(18)9-8(10(13)14)7-5(22-9)3-2-4-6(7)23-25(19,20)24-12(15,16)17/h2-4,10H,1H3. The summed E-state index contributed by atoms with van der Waals surface area (Å²) in [6.45, 7) is 0. The molecule has 0 amide bonds. The van der Waals surface area contributed by atoms with Gasteiger partial charge >= 0.3 is 22.7 Å². The van der Waals surface area contributed by atoms with Crippen LogP contribution in [0.3, 0.4) is 0 Å². The van der Waals surface area contributed by atoms with Crippen molar-refractivity contribution in [2.24, 2.45) is 0 Å². The number of hydrogen-bond donors (Lipinski definition) is 0. The predicted molar refractivity (Wildman–Crippen MR) is 69.2 cm³/mol. The van der Waals surface area contributed by atoms with Gasteiger partial charge in [0.1, 0.15) is 5.58 Å². The average molecular weight is 390 g/mol. The number of alkyl halides is 5. The van der Waals surface area contributed by atoms with Crippen molar-refractivity contribution in [1.29, 1.82) is 0 Å². The lowest BCUT2D eigenvalue weighted by molar-refractivity contribution is -0.274.